The molecule has 4 heteroatoms. The lowest BCUT2D eigenvalue weighted by atomic mass is 10.2. The Bertz CT molecular complexity index is 226. The fourth-order valence-corrected chi connectivity index (χ4v) is 0.497. The van der Waals surface area contributed by atoms with Crippen molar-refractivity contribution in [3.05, 3.63) is 0 Å². The Morgan fingerprint density at radius 3 is 3.33 bits per heavy atom. The van der Waals surface area contributed by atoms with Crippen LogP contribution < -0.4 is 5.72 Å². The molecular formula is C5H11NO2S. The molecule has 54 valence electrons. The zero-order valence-corrected chi connectivity index (χ0v) is 5.73. The van der Waals surface area contributed by atoms with Gasteiger partial charge in [-0.25, -0.2) is 0 Å². The van der Waals surface area contributed by atoms with Gasteiger partial charge in [-0.05, 0) is 18.4 Å². The van der Waals surface area contributed by atoms with Crippen LogP contribution in [0.15, 0.2) is 0 Å². The predicted molar refractivity (Wildman–Crippen MR) is 38.6 cm³/mol. The zero-order valence-electron chi connectivity index (χ0n) is 9.92. The average molecular weight is 154 g/mol. The van der Waals surface area contributed by atoms with E-state index in [-0.39, 0.29) is 5.75 Å². The summed E-state index contributed by atoms with van der Waals surface area (Å²) in [5.74, 6) is -2.11. The van der Waals surface area contributed by atoms with E-state index in [0.717, 1.165) is 11.8 Å². The Morgan fingerprint density at radius 1 is 2.33 bits per heavy atom. The third-order valence-electron chi connectivity index (χ3n) is 0.587. The number of nitrogens with two attached hydrogens (primary N) is 1. The highest BCUT2D eigenvalue weighted by Gasteiger charge is 2.08. The molecule has 0 aromatic heterocycles. The van der Waals surface area contributed by atoms with Crippen molar-refractivity contribution in [1.82, 2.24) is 0 Å². The summed E-state index contributed by atoms with van der Waals surface area (Å²) >= 11 is 1.02. The molecule has 0 aliphatic rings. The summed E-state index contributed by atoms with van der Waals surface area (Å²) in [4.78, 5) is 10.7. The molecule has 0 saturated carbocycles. The fourth-order valence-electron chi connectivity index (χ4n) is 0.216. The maximum absolute atomic E-state index is 10.7. The number of aliphatic carboxylic acids is 1. The number of carbonyl (C=O) groups is 1. The molecule has 3 N–H and O–H groups in total. The van der Waals surface area contributed by atoms with Crippen LogP contribution in [-0.2, 0) is 4.79 Å². The Morgan fingerprint density at radius 2 is 3.00 bits per heavy atom. The first kappa shape index (κ1) is 3.25. The monoisotopic (exact) mass is 154 g/mol. The first-order valence-corrected chi connectivity index (χ1v) is 3.60. The van der Waals surface area contributed by atoms with Gasteiger partial charge in [0.15, 0.2) is 0 Å². The van der Waals surface area contributed by atoms with E-state index >= 15 is 0 Å². The smallest absolute Gasteiger partial charge is 0.320 e. The molecular weight excluding hydrogens is 138 g/mol. The first-order valence-electron chi connectivity index (χ1n) is 4.60. The highest BCUT2D eigenvalue weighted by Crippen LogP contribution is 1.97. The summed E-state index contributed by atoms with van der Waals surface area (Å²) in [5.41, 5.74) is -0.425. The molecule has 0 aromatic carbocycles. The Labute approximate surface area is 65.8 Å². The predicted octanol–water partition coefficient (Wildman–Crippen LogP) is 0.151. The van der Waals surface area contributed by atoms with Gasteiger partial charge in [-0.3, -0.25) is 4.79 Å². The van der Waals surface area contributed by atoms with Crippen molar-refractivity contribution in [1.29, 1.82) is 0 Å². The standard InChI is InChI=1S/C5H11NO2S/c1-9-3-2-4(6)5(7)8/h4H,2-3,6H2,1H3,(H,7,8)/t4-/m0/s1/i2D2,4D/hD2. The molecule has 0 unspecified atom stereocenters. The van der Waals surface area contributed by atoms with Gasteiger partial charge in [-0.1, -0.05) is 0 Å². The molecule has 0 aliphatic heterocycles. The van der Waals surface area contributed by atoms with Crippen LogP contribution in [0.5, 0.6) is 0 Å². The molecule has 9 heavy (non-hydrogen) atoms. The lowest BCUT2D eigenvalue weighted by Crippen LogP contribution is -2.30. The largest absolute Gasteiger partial charge is 0.480 e. The van der Waals surface area contributed by atoms with Gasteiger partial charge in [0.1, 0.15) is 8.84 Å². The summed E-state index contributed by atoms with van der Waals surface area (Å²) in [5, 5.41) is 8.65. The fraction of sp³-hybridized carbons (Fsp3) is 0.800. The normalized spacial score (nSPS) is 26.7. The quantitative estimate of drug-likeness (QED) is 0.591. The third-order valence-corrected chi connectivity index (χ3v) is 1.02. The number of rotatable bonds is 5. The lowest BCUT2D eigenvalue weighted by Gasteiger charge is -2.02. The number of hydrogen-bond acceptors (Lipinski definition) is 3. The van der Waals surface area contributed by atoms with E-state index in [2.05, 4.69) is 0 Å². The van der Waals surface area contributed by atoms with Crippen LogP contribution in [0.2, 0.25) is 2.82 Å². The topological polar surface area (TPSA) is 63.3 Å². The Balaban J connectivity index is 5.09. The number of carboxylic acids is 1. The van der Waals surface area contributed by atoms with Crippen molar-refractivity contribution in [2.75, 3.05) is 12.0 Å². The molecule has 0 rings (SSSR count). The Kier molecular flexibility index (Phi) is 1.68. The molecule has 0 aliphatic carbocycles. The van der Waals surface area contributed by atoms with E-state index < -0.39 is 24.1 Å². The van der Waals surface area contributed by atoms with Crippen molar-refractivity contribution < 1.29 is 16.8 Å². The third kappa shape index (κ3) is 4.29. The second-order valence-electron chi connectivity index (χ2n) is 1.26. The maximum Gasteiger partial charge on any atom is 0.320 e. The van der Waals surface area contributed by atoms with E-state index in [1.165, 1.54) is 0 Å². The van der Waals surface area contributed by atoms with Gasteiger partial charge in [0.05, 0.1) is 1.37 Å². The molecule has 0 fully saturated rings. The van der Waals surface area contributed by atoms with Crippen LogP contribution >= 0.6 is 11.8 Å². The van der Waals surface area contributed by atoms with Crippen LogP contribution in [0, 0.1) is 0 Å². The molecule has 0 radical (unpaired) electrons. The van der Waals surface area contributed by atoms with Crippen LogP contribution in [0.4, 0.5) is 0 Å². The summed E-state index contributed by atoms with van der Waals surface area (Å²) in [6.07, 6.45) is -0.917. The Hall–Kier alpha value is -0.220. The van der Waals surface area contributed by atoms with Crippen LogP contribution in [-0.4, -0.2) is 29.1 Å². The van der Waals surface area contributed by atoms with Crippen molar-refractivity contribution in [2.24, 2.45) is 5.72 Å². The molecule has 0 amide bonds. The van der Waals surface area contributed by atoms with Crippen molar-refractivity contribution in [3.63, 3.8) is 0 Å². The average Bonchev–Trinajstić information content (AvgIpc) is 2.01. The van der Waals surface area contributed by atoms with E-state index in [4.69, 9.17) is 12.0 Å². The second kappa shape index (κ2) is 4.64. The molecule has 0 saturated heterocycles. The van der Waals surface area contributed by atoms with Gasteiger partial charge in [0.2, 0.25) is 0 Å². The van der Waals surface area contributed by atoms with Crippen molar-refractivity contribution in [3.8, 4) is 0 Å². The molecule has 0 bridgehead atoms. The summed E-state index contributed by atoms with van der Waals surface area (Å²) in [7, 11) is 0. The minimum atomic E-state index is -2.91. The number of hydrogen-bond donors (Lipinski definition) is 2. The van der Waals surface area contributed by atoms with E-state index in [1.54, 1.807) is 6.26 Å². The van der Waals surface area contributed by atoms with Gasteiger partial charge >= 0.3 is 5.97 Å². The summed E-state index contributed by atoms with van der Waals surface area (Å²) in [6, 6.07) is -2.91. The van der Waals surface area contributed by atoms with Crippen LogP contribution in [0.1, 0.15) is 10.5 Å². The van der Waals surface area contributed by atoms with Crippen molar-refractivity contribution in [2.45, 2.75) is 12.4 Å². The molecule has 1 atom stereocenters. The van der Waals surface area contributed by atoms with Crippen molar-refractivity contribution >= 4 is 17.7 Å². The second-order valence-corrected chi connectivity index (χ2v) is 2.13. The zero-order chi connectivity index (χ0) is 11.6. The molecule has 0 aromatic rings. The van der Waals surface area contributed by atoms with Gasteiger partial charge in [-0.2, -0.15) is 11.8 Å². The molecule has 0 spiro atoms. The number of thioether (sulfide) groups is 1. The van der Waals surface area contributed by atoms with E-state index in [9.17, 15) is 4.79 Å². The maximum atomic E-state index is 10.7. The minimum Gasteiger partial charge on any atom is -0.480 e. The molecule has 3 nitrogen and oxygen atoms in total. The number of carboxylic acid groups (broad SMARTS) is 1. The van der Waals surface area contributed by atoms with Gasteiger partial charge < -0.3 is 10.8 Å². The van der Waals surface area contributed by atoms with Gasteiger partial charge in [0, 0.05) is 2.74 Å². The van der Waals surface area contributed by atoms with Gasteiger partial charge in [0.25, 0.3) is 0 Å². The highest BCUT2D eigenvalue weighted by molar-refractivity contribution is 7.98. The van der Waals surface area contributed by atoms with E-state index in [0.29, 0.717) is 0 Å². The molecule has 0 heterocycles. The summed E-state index contributed by atoms with van der Waals surface area (Å²) in [6.45, 7) is 0. The van der Waals surface area contributed by atoms with E-state index in [1.807, 2.05) is 0 Å². The summed E-state index contributed by atoms with van der Waals surface area (Å²) < 4.78 is 35.5. The van der Waals surface area contributed by atoms with Gasteiger partial charge in [-0.15, -0.1) is 0 Å². The highest BCUT2D eigenvalue weighted by atomic mass is 32.2. The SMILES string of the molecule is [2H]N([2H])[C@]([2H])(C(=O)O)C([2H])([2H])CSC. The van der Waals surface area contributed by atoms with Crippen LogP contribution in [0.25, 0.3) is 0 Å². The first-order chi connectivity index (χ1) is 6.20. The minimum absolute atomic E-state index is 0.267. The lowest BCUT2D eigenvalue weighted by molar-refractivity contribution is -0.138. The van der Waals surface area contributed by atoms with Crippen LogP contribution in [0.3, 0.4) is 0 Å².